The molecular formula is C14H24N4O. The van der Waals surface area contributed by atoms with Crippen molar-refractivity contribution in [2.45, 2.75) is 33.7 Å². The summed E-state index contributed by atoms with van der Waals surface area (Å²) < 4.78 is 0. The second-order valence-electron chi connectivity index (χ2n) is 5.36. The predicted octanol–water partition coefficient (Wildman–Crippen LogP) is 0.905. The third-order valence-corrected chi connectivity index (χ3v) is 3.98. The van der Waals surface area contributed by atoms with Crippen molar-refractivity contribution in [1.29, 1.82) is 0 Å². The molecule has 1 aliphatic heterocycles. The van der Waals surface area contributed by atoms with Gasteiger partial charge in [0.25, 0.3) is 0 Å². The minimum atomic E-state index is 0.227. The van der Waals surface area contributed by atoms with Gasteiger partial charge < -0.3 is 10.0 Å². The molecule has 0 radical (unpaired) electrons. The molecule has 2 rings (SSSR count). The second-order valence-corrected chi connectivity index (χ2v) is 5.36. The van der Waals surface area contributed by atoms with E-state index in [9.17, 15) is 5.11 Å². The van der Waals surface area contributed by atoms with Crippen LogP contribution >= 0.6 is 0 Å². The first-order chi connectivity index (χ1) is 9.02. The molecule has 1 aromatic heterocycles. The molecule has 0 spiro atoms. The highest BCUT2D eigenvalue weighted by Crippen LogP contribution is 2.21. The van der Waals surface area contributed by atoms with E-state index in [-0.39, 0.29) is 12.6 Å². The molecule has 0 amide bonds. The van der Waals surface area contributed by atoms with Crippen molar-refractivity contribution >= 4 is 5.82 Å². The maximum atomic E-state index is 9.21. The molecule has 106 valence electrons. The van der Waals surface area contributed by atoms with Crippen LogP contribution in [0.3, 0.4) is 0 Å². The van der Waals surface area contributed by atoms with Crippen LogP contribution in [0.25, 0.3) is 0 Å². The number of aromatic nitrogens is 2. The quantitative estimate of drug-likeness (QED) is 0.879. The van der Waals surface area contributed by atoms with Gasteiger partial charge in [0, 0.05) is 43.5 Å². The molecule has 1 aromatic rings. The number of nitrogens with zero attached hydrogens (tertiary/aromatic N) is 4. The van der Waals surface area contributed by atoms with Gasteiger partial charge in [-0.3, -0.25) is 4.90 Å². The van der Waals surface area contributed by atoms with Crippen LogP contribution in [0.15, 0.2) is 0 Å². The molecule has 1 atom stereocenters. The van der Waals surface area contributed by atoms with Gasteiger partial charge in [0.1, 0.15) is 11.6 Å². The van der Waals surface area contributed by atoms with Crippen LogP contribution in [0.2, 0.25) is 0 Å². The lowest BCUT2D eigenvalue weighted by Crippen LogP contribution is -2.51. The highest BCUT2D eigenvalue weighted by molar-refractivity contribution is 5.48. The van der Waals surface area contributed by atoms with Crippen LogP contribution < -0.4 is 4.90 Å². The zero-order valence-electron chi connectivity index (χ0n) is 12.3. The fourth-order valence-corrected chi connectivity index (χ4v) is 2.55. The summed E-state index contributed by atoms with van der Waals surface area (Å²) in [6, 6.07) is 0.247. The number of hydrogen-bond acceptors (Lipinski definition) is 5. The van der Waals surface area contributed by atoms with E-state index in [0.29, 0.717) is 0 Å². The van der Waals surface area contributed by atoms with Gasteiger partial charge >= 0.3 is 0 Å². The lowest BCUT2D eigenvalue weighted by molar-refractivity contribution is 0.128. The summed E-state index contributed by atoms with van der Waals surface area (Å²) in [5.74, 6) is 1.91. The summed E-state index contributed by atoms with van der Waals surface area (Å²) in [4.78, 5) is 13.7. The average molecular weight is 264 g/mol. The van der Waals surface area contributed by atoms with Crippen molar-refractivity contribution in [3.8, 4) is 0 Å². The monoisotopic (exact) mass is 264 g/mol. The molecule has 5 heteroatoms. The van der Waals surface area contributed by atoms with Crippen molar-refractivity contribution in [3.05, 3.63) is 17.1 Å². The minimum absolute atomic E-state index is 0.227. The Bertz CT molecular complexity index is 441. The van der Waals surface area contributed by atoms with E-state index in [1.165, 1.54) is 5.56 Å². The molecule has 1 aliphatic rings. The molecule has 2 heterocycles. The van der Waals surface area contributed by atoms with Gasteiger partial charge in [0.2, 0.25) is 0 Å². The number of rotatable bonds is 3. The molecule has 0 bridgehead atoms. The third-order valence-electron chi connectivity index (χ3n) is 3.98. The van der Waals surface area contributed by atoms with Crippen LogP contribution in [0.4, 0.5) is 5.82 Å². The number of piperazine rings is 1. The Kier molecular flexibility index (Phi) is 4.37. The SMILES string of the molecule is Cc1nc(C)c(C)c(N2CCN(C(C)CO)CC2)n1. The van der Waals surface area contributed by atoms with E-state index in [4.69, 9.17) is 0 Å². The number of aliphatic hydroxyl groups is 1. The maximum Gasteiger partial charge on any atom is 0.135 e. The predicted molar refractivity (Wildman–Crippen MR) is 76.6 cm³/mol. The van der Waals surface area contributed by atoms with Crippen LogP contribution in [-0.2, 0) is 0 Å². The summed E-state index contributed by atoms with van der Waals surface area (Å²) in [7, 11) is 0. The number of hydrogen-bond donors (Lipinski definition) is 1. The highest BCUT2D eigenvalue weighted by Gasteiger charge is 2.23. The fourth-order valence-electron chi connectivity index (χ4n) is 2.55. The summed E-state index contributed by atoms with van der Waals surface area (Å²) in [6.07, 6.45) is 0. The van der Waals surface area contributed by atoms with Crippen LogP contribution in [0.5, 0.6) is 0 Å². The number of anilines is 1. The Morgan fingerprint density at radius 2 is 1.74 bits per heavy atom. The topological polar surface area (TPSA) is 52.5 Å². The lowest BCUT2D eigenvalue weighted by atomic mass is 10.2. The Labute approximate surface area is 115 Å². The fraction of sp³-hybridized carbons (Fsp3) is 0.714. The molecule has 0 aromatic carbocycles. The van der Waals surface area contributed by atoms with E-state index < -0.39 is 0 Å². The summed E-state index contributed by atoms with van der Waals surface area (Å²) >= 11 is 0. The third kappa shape index (κ3) is 3.04. The van der Waals surface area contributed by atoms with Crippen molar-refractivity contribution in [2.24, 2.45) is 0 Å². The Morgan fingerprint density at radius 1 is 1.11 bits per heavy atom. The summed E-state index contributed by atoms with van der Waals surface area (Å²) in [5.41, 5.74) is 2.24. The smallest absolute Gasteiger partial charge is 0.135 e. The molecule has 1 unspecified atom stereocenters. The second kappa shape index (κ2) is 5.84. The van der Waals surface area contributed by atoms with Crippen LogP contribution in [0, 0.1) is 20.8 Å². The first-order valence-corrected chi connectivity index (χ1v) is 6.94. The van der Waals surface area contributed by atoms with Crippen LogP contribution in [-0.4, -0.2) is 58.8 Å². The van der Waals surface area contributed by atoms with E-state index in [0.717, 1.165) is 43.5 Å². The zero-order chi connectivity index (χ0) is 14.0. The highest BCUT2D eigenvalue weighted by atomic mass is 16.3. The lowest BCUT2D eigenvalue weighted by Gasteiger charge is -2.38. The Hall–Kier alpha value is -1.20. The summed E-state index contributed by atoms with van der Waals surface area (Å²) in [5, 5.41) is 9.21. The first-order valence-electron chi connectivity index (χ1n) is 6.94. The average Bonchev–Trinajstić information content (AvgIpc) is 2.42. The van der Waals surface area contributed by atoms with Gasteiger partial charge in [-0.25, -0.2) is 9.97 Å². The van der Waals surface area contributed by atoms with Crippen molar-refractivity contribution < 1.29 is 5.11 Å². The molecule has 19 heavy (non-hydrogen) atoms. The van der Waals surface area contributed by atoms with E-state index >= 15 is 0 Å². The van der Waals surface area contributed by atoms with E-state index in [1.54, 1.807) is 0 Å². The van der Waals surface area contributed by atoms with Crippen molar-refractivity contribution in [3.63, 3.8) is 0 Å². The van der Waals surface area contributed by atoms with Gasteiger partial charge in [0.15, 0.2) is 0 Å². The normalized spacial score (nSPS) is 18.7. The minimum Gasteiger partial charge on any atom is -0.395 e. The van der Waals surface area contributed by atoms with Gasteiger partial charge in [-0.1, -0.05) is 0 Å². The van der Waals surface area contributed by atoms with Crippen LogP contribution in [0.1, 0.15) is 24.0 Å². The van der Waals surface area contributed by atoms with Gasteiger partial charge in [-0.15, -0.1) is 0 Å². The van der Waals surface area contributed by atoms with E-state index in [1.807, 2.05) is 13.8 Å². The van der Waals surface area contributed by atoms with E-state index in [2.05, 4.69) is 33.6 Å². The Morgan fingerprint density at radius 3 is 2.32 bits per heavy atom. The van der Waals surface area contributed by atoms with Gasteiger partial charge in [-0.2, -0.15) is 0 Å². The summed E-state index contributed by atoms with van der Waals surface area (Å²) in [6.45, 7) is 12.2. The van der Waals surface area contributed by atoms with Crippen molar-refractivity contribution in [1.82, 2.24) is 14.9 Å². The largest absolute Gasteiger partial charge is 0.395 e. The van der Waals surface area contributed by atoms with Gasteiger partial charge in [-0.05, 0) is 27.7 Å². The Balaban J connectivity index is 2.10. The molecular weight excluding hydrogens is 240 g/mol. The number of aliphatic hydroxyl groups excluding tert-OH is 1. The number of aryl methyl sites for hydroxylation is 2. The molecule has 0 saturated carbocycles. The molecule has 1 N–H and O–H groups in total. The standard InChI is InChI=1S/C14H24N4O/c1-10(9-19)17-5-7-18(8-6-17)14-11(2)12(3)15-13(4)16-14/h10,19H,5-9H2,1-4H3. The molecule has 5 nitrogen and oxygen atoms in total. The molecule has 1 saturated heterocycles. The molecule has 1 fully saturated rings. The molecule has 0 aliphatic carbocycles. The maximum absolute atomic E-state index is 9.21. The van der Waals surface area contributed by atoms with Gasteiger partial charge in [0.05, 0.1) is 6.61 Å². The zero-order valence-corrected chi connectivity index (χ0v) is 12.3. The van der Waals surface area contributed by atoms with Crippen molar-refractivity contribution in [2.75, 3.05) is 37.7 Å². The first kappa shape index (κ1) is 14.2.